The predicted octanol–water partition coefficient (Wildman–Crippen LogP) is -1.72. The molecule has 0 amide bonds. The third-order valence-corrected chi connectivity index (χ3v) is 7.29. The Balaban J connectivity index is 2.45. The highest BCUT2D eigenvalue weighted by Gasteiger charge is 2.31. The maximum atomic E-state index is 12.7. The number of nitrogens with one attached hydrogen (secondary N) is 2. The van der Waals surface area contributed by atoms with E-state index < -0.39 is 41.2 Å². The van der Waals surface area contributed by atoms with E-state index in [4.69, 9.17) is 28.2 Å². The number of hydrazone groups is 1. The van der Waals surface area contributed by atoms with Crippen molar-refractivity contribution in [2.75, 3.05) is 18.0 Å². The quantitative estimate of drug-likeness (QED) is 0.0894. The fourth-order valence-corrected chi connectivity index (χ4v) is 5.94. The minimum absolute atomic E-state index is 0.189. The molecule has 0 fully saturated rings. The minimum atomic E-state index is -4.59. The molecular formula is C16H21N9O4S2. The van der Waals surface area contributed by atoms with Gasteiger partial charge in [0.2, 0.25) is 10.0 Å². The van der Waals surface area contributed by atoms with Crippen LogP contribution < -0.4 is 33.7 Å². The first-order valence-corrected chi connectivity index (χ1v) is 11.9. The first-order valence-electron chi connectivity index (χ1n) is 8.67. The number of aromatic nitrogens is 2. The van der Waals surface area contributed by atoms with Crippen LogP contribution in [0.4, 0.5) is 5.95 Å². The topological polar surface area (TPSA) is 251 Å². The van der Waals surface area contributed by atoms with Gasteiger partial charge in [-0.3, -0.25) is 0 Å². The maximum Gasteiger partial charge on any atom is 0.240 e. The highest BCUT2D eigenvalue weighted by atomic mass is 32.2. The van der Waals surface area contributed by atoms with Crippen LogP contribution in [0.15, 0.2) is 45.2 Å². The number of hydrogen-bond acceptors (Lipinski definition) is 10. The molecular weight excluding hydrogens is 446 g/mol. The molecule has 3 aromatic rings. The molecule has 2 aromatic carbocycles. The molecule has 1 aromatic heterocycles. The lowest BCUT2D eigenvalue weighted by Crippen LogP contribution is -2.29. The number of hydrazine groups is 1. The van der Waals surface area contributed by atoms with Crippen molar-refractivity contribution in [2.45, 2.75) is 9.79 Å². The van der Waals surface area contributed by atoms with Gasteiger partial charge >= 0.3 is 0 Å². The third-order valence-electron chi connectivity index (χ3n) is 4.38. The third kappa shape index (κ3) is 4.30. The lowest BCUT2D eigenvalue weighted by atomic mass is 9.98. The van der Waals surface area contributed by atoms with Gasteiger partial charge in [0.15, 0.2) is 21.6 Å². The number of sulfonamides is 1. The Labute approximate surface area is 177 Å². The van der Waals surface area contributed by atoms with Crippen LogP contribution in [0, 0.1) is 0 Å². The number of anilines is 1. The SMILES string of the molecule is NCCS(=O)(=O)c1ccc(-c2ccc3nc(N)[nH]c3c2)c(/C(N)=N/NN)c1S(N)(=O)=O. The van der Waals surface area contributed by atoms with Gasteiger partial charge < -0.3 is 22.2 Å². The highest BCUT2D eigenvalue weighted by Crippen LogP contribution is 2.34. The van der Waals surface area contributed by atoms with Crippen molar-refractivity contribution in [1.29, 1.82) is 0 Å². The van der Waals surface area contributed by atoms with Gasteiger partial charge in [-0.1, -0.05) is 12.1 Å². The van der Waals surface area contributed by atoms with Crippen LogP contribution in [0.5, 0.6) is 0 Å². The monoisotopic (exact) mass is 467 g/mol. The van der Waals surface area contributed by atoms with Gasteiger partial charge in [0.05, 0.1) is 21.7 Å². The van der Waals surface area contributed by atoms with Crippen LogP contribution in [-0.4, -0.2) is 44.9 Å². The van der Waals surface area contributed by atoms with E-state index >= 15 is 0 Å². The lowest BCUT2D eigenvalue weighted by molar-refractivity contribution is 0.583. The average molecular weight is 468 g/mol. The summed E-state index contributed by atoms with van der Waals surface area (Å²) in [7, 11) is -8.69. The molecule has 0 radical (unpaired) electrons. The molecule has 0 bridgehead atoms. The summed E-state index contributed by atoms with van der Waals surface area (Å²) in [6.07, 6.45) is 0. The summed E-state index contributed by atoms with van der Waals surface area (Å²) in [4.78, 5) is 5.71. The van der Waals surface area contributed by atoms with E-state index in [1.54, 1.807) is 18.2 Å². The van der Waals surface area contributed by atoms with E-state index in [1.807, 2.05) is 5.53 Å². The van der Waals surface area contributed by atoms with Crippen LogP contribution >= 0.6 is 0 Å². The number of sulfone groups is 1. The molecule has 3 rings (SSSR count). The summed E-state index contributed by atoms with van der Waals surface area (Å²) in [5.74, 6) is 4.50. The minimum Gasteiger partial charge on any atom is -0.382 e. The van der Waals surface area contributed by atoms with Crippen molar-refractivity contribution in [3.63, 3.8) is 0 Å². The molecule has 0 aliphatic carbocycles. The van der Waals surface area contributed by atoms with E-state index in [0.717, 1.165) is 6.07 Å². The Kier molecular flexibility index (Phi) is 5.88. The molecule has 1 heterocycles. The van der Waals surface area contributed by atoms with Gasteiger partial charge in [0.25, 0.3) is 0 Å². The van der Waals surface area contributed by atoms with Crippen molar-refractivity contribution in [1.82, 2.24) is 15.5 Å². The smallest absolute Gasteiger partial charge is 0.240 e. The van der Waals surface area contributed by atoms with Crippen molar-refractivity contribution in [3.8, 4) is 11.1 Å². The molecule has 0 saturated carbocycles. The first-order chi connectivity index (χ1) is 14.5. The van der Waals surface area contributed by atoms with Gasteiger partial charge in [-0.15, -0.1) is 5.10 Å². The van der Waals surface area contributed by atoms with Crippen LogP contribution in [0.25, 0.3) is 22.2 Å². The summed E-state index contributed by atoms with van der Waals surface area (Å²) < 4.78 is 50.5. The Morgan fingerprint density at radius 2 is 1.87 bits per heavy atom. The van der Waals surface area contributed by atoms with Crippen molar-refractivity contribution in [3.05, 3.63) is 35.9 Å². The van der Waals surface area contributed by atoms with E-state index in [1.165, 1.54) is 6.07 Å². The number of aromatic amines is 1. The average Bonchev–Trinajstić information content (AvgIpc) is 3.05. The number of benzene rings is 2. The zero-order valence-electron chi connectivity index (χ0n) is 16.0. The van der Waals surface area contributed by atoms with Crippen LogP contribution in [0.2, 0.25) is 0 Å². The van der Waals surface area contributed by atoms with E-state index in [2.05, 4.69) is 15.1 Å². The second kappa shape index (κ2) is 8.12. The number of nitrogen functional groups attached to an aromatic ring is 1. The molecule has 0 atom stereocenters. The number of rotatable bonds is 7. The lowest BCUT2D eigenvalue weighted by Gasteiger charge is -2.17. The van der Waals surface area contributed by atoms with E-state index in [-0.39, 0.29) is 23.6 Å². The molecule has 31 heavy (non-hydrogen) atoms. The van der Waals surface area contributed by atoms with Gasteiger partial charge in [0, 0.05) is 12.1 Å². The van der Waals surface area contributed by atoms with Gasteiger partial charge in [-0.05, 0) is 29.3 Å². The largest absolute Gasteiger partial charge is 0.382 e. The zero-order valence-corrected chi connectivity index (χ0v) is 17.7. The standard InChI is InChI=1S/C16H21N9O4S2/c17-5-6-30(26,27)12-4-2-9(8-1-3-10-11(7-8)23-16(19)22-10)13(15(18)24-25-20)14(12)31(21,28)29/h1-4,7,25H,5-6,17,20H2,(H2,18,24)(H3,19,22,23)(H2,21,28,29). The first kappa shape index (κ1) is 22.4. The van der Waals surface area contributed by atoms with Crippen molar-refractivity contribution >= 4 is 42.7 Å². The second-order valence-corrected chi connectivity index (χ2v) is 10.0. The Hall–Kier alpha value is -3.24. The van der Waals surface area contributed by atoms with Crippen molar-refractivity contribution in [2.24, 2.45) is 27.6 Å². The molecule has 15 heteroatoms. The Morgan fingerprint density at radius 3 is 2.48 bits per heavy atom. The predicted molar refractivity (Wildman–Crippen MR) is 116 cm³/mol. The normalized spacial score (nSPS) is 12.9. The van der Waals surface area contributed by atoms with Crippen LogP contribution in [0.1, 0.15) is 5.56 Å². The van der Waals surface area contributed by atoms with Gasteiger partial charge in [-0.2, -0.15) is 0 Å². The number of nitrogens with two attached hydrogens (primary N) is 5. The molecule has 166 valence electrons. The molecule has 0 saturated heterocycles. The van der Waals surface area contributed by atoms with Crippen LogP contribution in [0.3, 0.4) is 0 Å². The number of hydrogen-bond donors (Lipinski definition) is 7. The Bertz CT molecular complexity index is 1400. The summed E-state index contributed by atoms with van der Waals surface area (Å²) in [6.45, 7) is -0.227. The summed E-state index contributed by atoms with van der Waals surface area (Å²) in [5.41, 5.74) is 20.6. The van der Waals surface area contributed by atoms with Crippen LogP contribution in [-0.2, 0) is 19.9 Å². The molecule has 13 nitrogen and oxygen atoms in total. The molecule has 0 aliphatic heterocycles. The molecule has 0 aliphatic rings. The van der Waals surface area contributed by atoms with Gasteiger partial charge in [-0.25, -0.2) is 38.3 Å². The zero-order chi connectivity index (χ0) is 23.0. The number of imidazole rings is 1. The fourth-order valence-electron chi connectivity index (χ4n) is 3.17. The highest BCUT2D eigenvalue weighted by molar-refractivity contribution is 7.93. The number of primary sulfonamides is 1. The second-order valence-electron chi connectivity index (χ2n) is 6.45. The summed E-state index contributed by atoms with van der Waals surface area (Å²) in [6, 6.07) is 7.45. The van der Waals surface area contributed by atoms with E-state index in [9.17, 15) is 16.8 Å². The van der Waals surface area contributed by atoms with Gasteiger partial charge in [0.1, 0.15) is 4.90 Å². The number of amidine groups is 1. The molecule has 0 spiro atoms. The fraction of sp³-hybridized carbons (Fsp3) is 0.125. The maximum absolute atomic E-state index is 12.7. The summed E-state index contributed by atoms with van der Waals surface area (Å²) in [5, 5.41) is 9.04. The number of H-pyrrole nitrogens is 1. The molecule has 12 N–H and O–H groups in total. The number of fused-ring (bicyclic) bond motifs is 1. The Morgan fingerprint density at radius 1 is 1.16 bits per heavy atom. The molecule has 0 unspecified atom stereocenters. The summed E-state index contributed by atoms with van der Waals surface area (Å²) >= 11 is 0. The van der Waals surface area contributed by atoms with Crippen molar-refractivity contribution < 1.29 is 16.8 Å². The number of nitrogens with zero attached hydrogens (tertiary/aromatic N) is 2. The van der Waals surface area contributed by atoms with E-state index in [0.29, 0.717) is 16.6 Å².